The zero-order valence-electron chi connectivity index (χ0n) is 16.1. The smallest absolute Gasteiger partial charge is 0.298 e. The second-order valence-corrected chi connectivity index (χ2v) is 8.91. The number of hydrogen-bond donors (Lipinski definition) is 2. The summed E-state index contributed by atoms with van der Waals surface area (Å²) >= 11 is 0. The number of hydrazine groups is 1. The SMILES string of the molecule is O=C(CCc1ccc(S(=O)(=O)N2CCCC2)cc1)NNc1ccccc1C(F)(F)F. The number of carbonyl (C=O) groups excluding carboxylic acids is 1. The van der Waals surface area contributed by atoms with Crippen LogP contribution in [-0.2, 0) is 27.4 Å². The number of halogens is 3. The average Bonchev–Trinajstić information content (AvgIpc) is 3.26. The Kier molecular flexibility index (Phi) is 6.67. The van der Waals surface area contributed by atoms with Crippen molar-refractivity contribution < 1.29 is 26.4 Å². The van der Waals surface area contributed by atoms with Gasteiger partial charge in [0.25, 0.3) is 0 Å². The van der Waals surface area contributed by atoms with Crippen molar-refractivity contribution in [2.45, 2.75) is 36.8 Å². The van der Waals surface area contributed by atoms with E-state index in [4.69, 9.17) is 0 Å². The molecule has 1 heterocycles. The number of rotatable bonds is 7. The van der Waals surface area contributed by atoms with Gasteiger partial charge in [-0.2, -0.15) is 17.5 Å². The van der Waals surface area contributed by atoms with Gasteiger partial charge in [0.1, 0.15) is 0 Å². The first kappa shape index (κ1) is 22.1. The molecule has 6 nitrogen and oxygen atoms in total. The molecule has 1 aliphatic rings. The normalized spacial score (nSPS) is 15.2. The number of aryl methyl sites for hydroxylation is 1. The first-order chi connectivity index (χ1) is 14.2. The van der Waals surface area contributed by atoms with Gasteiger partial charge in [-0.1, -0.05) is 24.3 Å². The Morgan fingerprint density at radius 3 is 2.27 bits per heavy atom. The van der Waals surface area contributed by atoms with Crippen LogP contribution in [-0.4, -0.2) is 31.7 Å². The van der Waals surface area contributed by atoms with E-state index in [1.54, 1.807) is 12.1 Å². The molecule has 0 aliphatic carbocycles. The highest BCUT2D eigenvalue weighted by atomic mass is 32.2. The van der Waals surface area contributed by atoms with Crippen molar-refractivity contribution in [2.24, 2.45) is 0 Å². The summed E-state index contributed by atoms with van der Waals surface area (Å²) in [6.07, 6.45) is -2.48. The summed E-state index contributed by atoms with van der Waals surface area (Å²) in [6.45, 7) is 1.05. The van der Waals surface area contributed by atoms with E-state index < -0.39 is 27.7 Å². The maximum absolute atomic E-state index is 13.0. The van der Waals surface area contributed by atoms with Crippen LogP contribution in [0.4, 0.5) is 18.9 Å². The standard InChI is InChI=1S/C20H22F3N3O3S/c21-20(22,23)17-5-1-2-6-18(17)24-25-19(27)12-9-15-7-10-16(11-8-15)30(28,29)26-13-3-4-14-26/h1-2,5-8,10-11,24H,3-4,9,12-14H2,(H,25,27). The molecule has 0 unspecified atom stereocenters. The van der Waals surface area contributed by atoms with Gasteiger partial charge in [0.15, 0.2) is 0 Å². The van der Waals surface area contributed by atoms with Gasteiger partial charge in [-0.15, -0.1) is 0 Å². The van der Waals surface area contributed by atoms with Crippen molar-refractivity contribution in [1.29, 1.82) is 0 Å². The van der Waals surface area contributed by atoms with E-state index in [9.17, 15) is 26.4 Å². The van der Waals surface area contributed by atoms with E-state index in [2.05, 4.69) is 10.9 Å². The van der Waals surface area contributed by atoms with Crippen LogP contribution in [0.2, 0.25) is 0 Å². The Hall–Kier alpha value is -2.59. The molecule has 10 heteroatoms. The highest BCUT2D eigenvalue weighted by Gasteiger charge is 2.33. The van der Waals surface area contributed by atoms with Gasteiger partial charge in [0.05, 0.1) is 16.1 Å². The maximum Gasteiger partial charge on any atom is 0.418 e. The minimum Gasteiger partial charge on any atom is -0.298 e. The van der Waals surface area contributed by atoms with Gasteiger partial charge in [-0.3, -0.25) is 15.6 Å². The summed E-state index contributed by atoms with van der Waals surface area (Å²) < 4.78 is 65.3. The van der Waals surface area contributed by atoms with Crippen molar-refractivity contribution in [3.8, 4) is 0 Å². The number of nitrogens with zero attached hydrogens (tertiary/aromatic N) is 1. The molecule has 0 spiro atoms. The molecular weight excluding hydrogens is 419 g/mol. The summed E-state index contributed by atoms with van der Waals surface area (Å²) in [4.78, 5) is 12.2. The summed E-state index contributed by atoms with van der Waals surface area (Å²) in [7, 11) is -3.49. The van der Waals surface area contributed by atoms with Crippen molar-refractivity contribution in [1.82, 2.24) is 9.73 Å². The molecule has 3 rings (SSSR count). The number of amides is 1. The van der Waals surface area contributed by atoms with Crippen LogP contribution in [0.1, 0.15) is 30.4 Å². The lowest BCUT2D eigenvalue weighted by Gasteiger charge is -2.16. The van der Waals surface area contributed by atoms with Crippen LogP contribution in [0.25, 0.3) is 0 Å². The topological polar surface area (TPSA) is 78.5 Å². The average molecular weight is 441 g/mol. The van der Waals surface area contributed by atoms with Crippen molar-refractivity contribution in [2.75, 3.05) is 18.5 Å². The van der Waals surface area contributed by atoms with E-state index in [1.165, 1.54) is 34.6 Å². The Balaban J connectivity index is 1.53. The van der Waals surface area contributed by atoms with Crippen molar-refractivity contribution in [3.63, 3.8) is 0 Å². The van der Waals surface area contributed by atoms with Gasteiger partial charge in [-0.05, 0) is 49.1 Å². The maximum atomic E-state index is 13.0. The van der Waals surface area contributed by atoms with Crippen LogP contribution in [0, 0.1) is 0 Å². The predicted octanol–water partition coefficient (Wildman–Crippen LogP) is 3.57. The molecule has 2 aromatic rings. The fourth-order valence-corrected chi connectivity index (χ4v) is 4.72. The lowest BCUT2D eigenvalue weighted by atomic mass is 10.1. The number of carbonyl (C=O) groups is 1. The minimum absolute atomic E-state index is 0.0272. The van der Waals surface area contributed by atoms with Crippen LogP contribution in [0.5, 0.6) is 0 Å². The molecule has 0 saturated carbocycles. The van der Waals surface area contributed by atoms with E-state index >= 15 is 0 Å². The van der Waals surface area contributed by atoms with Gasteiger partial charge in [0.2, 0.25) is 15.9 Å². The van der Waals surface area contributed by atoms with Crippen LogP contribution >= 0.6 is 0 Å². The number of hydrogen-bond acceptors (Lipinski definition) is 4. The molecule has 162 valence electrons. The lowest BCUT2D eigenvalue weighted by Crippen LogP contribution is -2.30. The fourth-order valence-electron chi connectivity index (χ4n) is 3.20. The fraction of sp³-hybridized carbons (Fsp3) is 0.350. The number of nitrogens with one attached hydrogen (secondary N) is 2. The van der Waals surface area contributed by atoms with E-state index in [-0.39, 0.29) is 17.0 Å². The number of anilines is 1. The molecule has 0 atom stereocenters. The van der Waals surface area contributed by atoms with Gasteiger partial charge >= 0.3 is 6.18 Å². The van der Waals surface area contributed by atoms with Crippen LogP contribution in [0.3, 0.4) is 0 Å². The minimum atomic E-state index is -4.54. The highest BCUT2D eigenvalue weighted by molar-refractivity contribution is 7.89. The molecule has 0 bridgehead atoms. The molecule has 1 saturated heterocycles. The second-order valence-electron chi connectivity index (χ2n) is 6.97. The summed E-state index contributed by atoms with van der Waals surface area (Å²) in [5, 5.41) is 0. The molecule has 1 amide bonds. The Morgan fingerprint density at radius 2 is 1.63 bits per heavy atom. The molecule has 0 aromatic heterocycles. The zero-order chi connectivity index (χ0) is 21.8. The molecule has 1 fully saturated rings. The summed E-state index contributed by atoms with van der Waals surface area (Å²) in [5.41, 5.74) is 4.21. The highest BCUT2D eigenvalue weighted by Crippen LogP contribution is 2.34. The van der Waals surface area contributed by atoms with E-state index in [0.29, 0.717) is 19.5 Å². The number of benzene rings is 2. The van der Waals surface area contributed by atoms with Crippen molar-refractivity contribution >= 4 is 21.6 Å². The van der Waals surface area contributed by atoms with Crippen LogP contribution < -0.4 is 10.9 Å². The quantitative estimate of drug-likeness (QED) is 0.644. The van der Waals surface area contributed by atoms with Crippen LogP contribution in [0.15, 0.2) is 53.4 Å². The molecular formula is C20H22F3N3O3S. The third-order valence-corrected chi connectivity index (χ3v) is 6.75. The molecule has 1 aliphatic heterocycles. The zero-order valence-corrected chi connectivity index (χ0v) is 16.9. The monoisotopic (exact) mass is 441 g/mol. The predicted molar refractivity (Wildman–Crippen MR) is 106 cm³/mol. The summed E-state index contributed by atoms with van der Waals surface area (Å²) in [6, 6.07) is 11.2. The third kappa shape index (κ3) is 5.31. The first-order valence-corrected chi connectivity index (χ1v) is 10.9. The van der Waals surface area contributed by atoms with E-state index in [1.807, 2.05) is 0 Å². The third-order valence-electron chi connectivity index (χ3n) is 4.84. The molecule has 2 aromatic carbocycles. The van der Waals surface area contributed by atoms with Crippen molar-refractivity contribution in [3.05, 3.63) is 59.7 Å². The number of para-hydroxylation sites is 1. The van der Waals surface area contributed by atoms with Gasteiger partial charge < -0.3 is 0 Å². The Morgan fingerprint density at radius 1 is 1.00 bits per heavy atom. The lowest BCUT2D eigenvalue weighted by molar-refractivity contribution is -0.137. The largest absolute Gasteiger partial charge is 0.418 e. The number of sulfonamides is 1. The Bertz CT molecular complexity index is 986. The molecule has 30 heavy (non-hydrogen) atoms. The molecule has 0 radical (unpaired) electrons. The van der Waals surface area contributed by atoms with Gasteiger partial charge in [-0.25, -0.2) is 8.42 Å². The second kappa shape index (κ2) is 9.05. The molecule has 2 N–H and O–H groups in total. The Labute approximate surface area is 173 Å². The summed E-state index contributed by atoms with van der Waals surface area (Å²) in [5.74, 6) is -0.485. The van der Waals surface area contributed by atoms with E-state index in [0.717, 1.165) is 24.5 Å². The number of alkyl halides is 3. The first-order valence-electron chi connectivity index (χ1n) is 9.48. The van der Waals surface area contributed by atoms with Gasteiger partial charge in [0, 0.05) is 19.5 Å².